The molecule has 25 heavy (non-hydrogen) atoms. The van der Waals surface area contributed by atoms with Gasteiger partial charge in [-0.15, -0.1) is 0 Å². The molecule has 3 aromatic rings. The molecule has 6 heteroatoms. The minimum atomic E-state index is 0.442. The summed E-state index contributed by atoms with van der Waals surface area (Å²) in [6.07, 6.45) is 1.65. The molecule has 1 N–H and O–H groups in total. The molecule has 0 aliphatic rings. The fraction of sp³-hybridized carbons (Fsp3) is 0.158. The zero-order valence-corrected chi connectivity index (χ0v) is 14.2. The molecular formula is C19H17N3O3. The van der Waals surface area contributed by atoms with Crippen molar-refractivity contribution in [2.75, 3.05) is 26.6 Å². The van der Waals surface area contributed by atoms with Crippen LogP contribution in [-0.2, 0) is 0 Å². The van der Waals surface area contributed by atoms with Crippen LogP contribution in [0.1, 0.15) is 5.56 Å². The molecule has 0 unspecified atom stereocenters. The first-order valence-electron chi connectivity index (χ1n) is 7.60. The molecular weight excluding hydrogens is 318 g/mol. The predicted molar refractivity (Wildman–Crippen MR) is 95.6 cm³/mol. The highest BCUT2D eigenvalue weighted by Gasteiger charge is 2.13. The average molecular weight is 335 g/mol. The number of nitrogens with one attached hydrogen (secondary N) is 1. The van der Waals surface area contributed by atoms with Crippen molar-refractivity contribution in [1.82, 2.24) is 4.98 Å². The van der Waals surface area contributed by atoms with Crippen molar-refractivity contribution in [2.45, 2.75) is 0 Å². The topological polar surface area (TPSA) is 76.4 Å². The maximum Gasteiger partial charge on any atom is 0.162 e. The fourth-order valence-electron chi connectivity index (χ4n) is 2.52. The quantitative estimate of drug-likeness (QED) is 0.760. The van der Waals surface area contributed by atoms with Crippen LogP contribution in [0.2, 0.25) is 0 Å². The third-order valence-corrected chi connectivity index (χ3v) is 3.82. The van der Waals surface area contributed by atoms with E-state index in [1.54, 1.807) is 51.7 Å². The average Bonchev–Trinajstić information content (AvgIpc) is 2.67. The van der Waals surface area contributed by atoms with Crippen molar-refractivity contribution in [3.63, 3.8) is 0 Å². The van der Waals surface area contributed by atoms with E-state index in [1.165, 1.54) is 0 Å². The lowest BCUT2D eigenvalue weighted by Crippen LogP contribution is -1.95. The summed E-state index contributed by atoms with van der Waals surface area (Å²) in [5.41, 5.74) is 1.99. The molecule has 3 rings (SSSR count). The number of nitrogens with zero attached hydrogens (tertiary/aromatic N) is 2. The lowest BCUT2D eigenvalue weighted by molar-refractivity contribution is 0.355. The van der Waals surface area contributed by atoms with Gasteiger partial charge in [0.1, 0.15) is 17.6 Å². The second kappa shape index (κ2) is 6.97. The number of nitriles is 1. The highest BCUT2D eigenvalue weighted by molar-refractivity contribution is 5.88. The van der Waals surface area contributed by atoms with Crippen LogP contribution in [0, 0.1) is 11.3 Å². The van der Waals surface area contributed by atoms with Crippen molar-refractivity contribution in [3.05, 3.63) is 48.2 Å². The molecule has 0 fully saturated rings. The Labute approximate surface area is 145 Å². The molecule has 0 saturated carbocycles. The van der Waals surface area contributed by atoms with Crippen LogP contribution in [0.25, 0.3) is 10.9 Å². The number of fused-ring (bicyclic) bond motifs is 1. The molecule has 0 aliphatic carbocycles. The van der Waals surface area contributed by atoms with Gasteiger partial charge in [-0.05, 0) is 30.3 Å². The number of aromatic nitrogens is 1. The van der Waals surface area contributed by atoms with Gasteiger partial charge in [-0.1, -0.05) is 0 Å². The first kappa shape index (κ1) is 16.4. The Morgan fingerprint density at radius 3 is 2.40 bits per heavy atom. The molecule has 0 bridgehead atoms. The molecule has 0 radical (unpaired) electrons. The molecule has 0 atom stereocenters. The van der Waals surface area contributed by atoms with Gasteiger partial charge in [0.15, 0.2) is 11.5 Å². The standard InChI is InChI=1S/C19H17N3O3/c1-21-13-4-5-16(12(8-13)11-20)25-17-6-7-22-15-10-19(24-3)18(23-2)9-14(15)17/h4-10,21H,1-3H3. The van der Waals surface area contributed by atoms with E-state index in [-0.39, 0.29) is 0 Å². The Kier molecular flexibility index (Phi) is 4.57. The first-order chi connectivity index (χ1) is 12.2. The summed E-state index contributed by atoms with van der Waals surface area (Å²) in [6, 6.07) is 12.9. The largest absolute Gasteiger partial charge is 0.493 e. The second-order valence-electron chi connectivity index (χ2n) is 5.21. The highest BCUT2D eigenvalue weighted by atomic mass is 16.5. The summed E-state index contributed by atoms with van der Waals surface area (Å²) in [5, 5.41) is 13.1. The van der Waals surface area contributed by atoms with Gasteiger partial charge in [0, 0.05) is 30.4 Å². The molecule has 0 aliphatic heterocycles. The normalized spacial score (nSPS) is 10.2. The maximum atomic E-state index is 9.37. The minimum Gasteiger partial charge on any atom is -0.493 e. The van der Waals surface area contributed by atoms with Crippen molar-refractivity contribution in [3.8, 4) is 29.1 Å². The van der Waals surface area contributed by atoms with Crippen molar-refractivity contribution in [2.24, 2.45) is 0 Å². The van der Waals surface area contributed by atoms with Gasteiger partial charge in [-0.25, -0.2) is 0 Å². The van der Waals surface area contributed by atoms with E-state index in [9.17, 15) is 5.26 Å². The number of methoxy groups -OCH3 is 2. The summed E-state index contributed by atoms with van der Waals surface area (Å²) < 4.78 is 16.7. The van der Waals surface area contributed by atoms with Crippen LogP contribution in [0.15, 0.2) is 42.6 Å². The number of rotatable bonds is 5. The molecule has 1 aromatic heterocycles. The number of pyridine rings is 1. The van der Waals surface area contributed by atoms with Gasteiger partial charge in [0.2, 0.25) is 0 Å². The van der Waals surface area contributed by atoms with Crippen molar-refractivity contribution in [1.29, 1.82) is 5.26 Å². The Morgan fingerprint density at radius 2 is 1.72 bits per heavy atom. The Bertz CT molecular complexity index is 964. The molecule has 0 spiro atoms. The summed E-state index contributed by atoms with van der Waals surface area (Å²) in [5.74, 6) is 2.23. The number of hydrogen-bond donors (Lipinski definition) is 1. The van der Waals surface area contributed by atoms with Gasteiger partial charge < -0.3 is 19.5 Å². The summed E-state index contributed by atoms with van der Waals surface area (Å²) in [7, 11) is 4.95. The monoisotopic (exact) mass is 335 g/mol. The minimum absolute atomic E-state index is 0.442. The van der Waals surface area contributed by atoms with Gasteiger partial charge in [0.05, 0.1) is 25.3 Å². The van der Waals surface area contributed by atoms with E-state index < -0.39 is 0 Å². The van der Waals surface area contributed by atoms with Gasteiger partial charge in [-0.3, -0.25) is 4.98 Å². The fourth-order valence-corrected chi connectivity index (χ4v) is 2.52. The Morgan fingerprint density at radius 1 is 0.960 bits per heavy atom. The predicted octanol–water partition coefficient (Wildman–Crippen LogP) is 3.96. The molecule has 0 amide bonds. The Balaban J connectivity index is 2.09. The number of anilines is 1. The zero-order chi connectivity index (χ0) is 17.8. The van der Waals surface area contributed by atoms with Crippen LogP contribution in [0.3, 0.4) is 0 Å². The molecule has 1 heterocycles. The van der Waals surface area contributed by atoms with E-state index in [1.807, 2.05) is 12.1 Å². The third kappa shape index (κ3) is 3.12. The van der Waals surface area contributed by atoms with Crippen LogP contribution >= 0.6 is 0 Å². The van der Waals surface area contributed by atoms with Gasteiger partial charge in [0.25, 0.3) is 0 Å². The van der Waals surface area contributed by atoms with Crippen LogP contribution < -0.4 is 19.5 Å². The number of ether oxygens (including phenoxy) is 3. The number of hydrogen-bond acceptors (Lipinski definition) is 6. The smallest absolute Gasteiger partial charge is 0.162 e. The summed E-state index contributed by atoms with van der Waals surface area (Å²) in [4.78, 5) is 4.35. The molecule has 2 aromatic carbocycles. The zero-order valence-electron chi connectivity index (χ0n) is 14.2. The third-order valence-electron chi connectivity index (χ3n) is 3.82. The van der Waals surface area contributed by atoms with Gasteiger partial charge >= 0.3 is 0 Å². The van der Waals surface area contributed by atoms with E-state index in [2.05, 4.69) is 16.4 Å². The summed E-state index contributed by atoms with van der Waals surface area (Å²) >= 11 is 0. The number of benzene rings is 2. The van der Waals surface area contributed by atoms with Crippen molar-refractivity contribution >= 4 is 16.6 Å². The second-order valence-corrected chi connectivity index (χ2v) is 5.21. The van der Waals surface area contributed by atoms with Crippen molar-refractivity contribution < 1.29 is 14.2 Å². The van der Waals surface area contributed by atoms with Crippen LogP contribution in [-0.4, -0.2) is 26.3 Å². The van der Waals surface area contributed by atoms with E-state index in [0.29, 0.717) is 34.1 Å². The first-order valence-corrected chi connectivity index (χ1v) is 7.60. The highest BCUT2D eigenvalue weighted by Crippen LogP contribution is 2.37. The maximum absolute atomic E-state index is 9.37. The lowest BCUT2D eigenvalue weighted by Gasteiger charge is -2.13. The molecule has 126 valence electrons. The SMILES string of the molecule is CNc1ccc(Oc2ccnc3cc(OC)c(OC)cc23)c(C#N)c1. The molecule has 6 nitrogen and oxygen atoms in total. The Hall–Kier alpha value is -3.46. The van der Waals surface area contributed by atoms with Crippen LogP contribution in [0.5, 0.6) is 23.0 Å². The van der Waals surface area contributed by atoms with Crippen LogP contribution in [0.4, 0.5) is 5.69 Å². The summed E-state index contributed by atoms with van der Waals surface area (Å²) in [6.45, 7) is 0. The molecule has 0 saturated heterocycles. The van der Waals surface area contributed by atoms with E-state index >= 15 is 0 Å². The van der Waals surface area contributed by atoms with E-state index in [0.717, 1.165) is 11.1 Å². The lowest BCUT2D eigenvalue weighted by atomic mass is 10.1. The van der Waals surface area contributed by atoms with E-state index in [4.69, 9.17) is 14.2 Å². The van der Waals surface area contributed by atoms with Gasteiger partial charge in [-0.2, -0.15) is 5.26 Å².